The van der Waals surface area contributed by atoms with E-state index in [0.29, 0.717) is 0 Å². The Labute approximate surface area is 88.8 Å². The van der Waals surface area contributed by atoms with Crippen LogP contribution >= 0.6 is 0 Å². The number of nitrogen functional groups attached to an aromatic ring is 1. The normalized spacial score (nSPS) is 10.5. The summed E-state index contributed by atoms with van der Waals surface area (Å²) in [4.78, 5) is 0. The Hall–Kier alpha value is -1.84. The van der Waals surface area contributed by atoms with E-state index < -0.39 is 0 Å². The third-order valence-electron chi connectivity index (χ3n) is 2.46. The van der Waals surface area contributed by atoms with Crippen LogP contribution < -0.4 is 5.73 Å². The minimum atomic E-state index is 0.751. The zero-order chi connectivity index (χ0) is 10.8. The summed E-state index contributed by atoms with van der Waals surface area (Å²) in [5, 5.41) is 8.03. The van der Waals surface area contributed by atoms with E-state index in [0.717, 1.165) is 29.2 Å². The Morgan fingerprint density at radius 2 is 2.20 bits per heavy atom. The minimum Gasteiger partial charge on any atom is -0.399 e. The number of benzene rings is 1. The first-order chi connectivity index (χ1) is 7.22. The Bertz CT molecular complexity index is 473. The second-order valence-corrected chi connectivity index (χ2v) is 3.51. The molecule has 0 bridgehead atoms. The van der Waals surface area contributed by atoms with Gasteiger partial charge in [-0.15, -0.1) is 10.2 Å². The fourth-order valence-corrected chi connectivity index (χ4v) is 1.58. The third kappa shape index (κ3) is 1.70. The summed E-state index contributed by atoms with van der Waals surface area (Å²) >= 11 is 0. The lowest BCUT2D eigenvalue weighted by Gasteiger charge is -2.07. The van der Waals surface area contributed by atoms with Gasteiger partial charge in [-0.05, 0) is 31.5 Å². The SMILES string of the molecule is CCn1cnnc1-c1cc(N)ccc1C. The molecule has 0 aliphatic carbocycles. The largest absolute Gasteiger partial charge is 0.399 e. The van der Waals surface area contributed by atoms with Crippen molar-refractivity contribution in [2.45, 2.75) is 20.4 Å². The van der Waals surface area contributed by atoms with E-state index in [1.54, 1.807) is 6.33 Å². The van der Waals surface area contributed by atoms with Gasteiger partial charge in [0.2, 0.25) is 0 Å². The van der Waals surface area contributed by atoms with Crippen LogP contribution in [0.5, 0.6) is 0 Å². The van der Waals surface area contributed by atoms with Gasteiger partial charge in [-0.2, -0.15) is 0 Å². The van der Waals surface area contributed by atoms with Crippen molar-refractivity contribution in [2.75, 3.05) is 5.73 Å². The predicted octanol–water partition coefficient (Wildman–Crippen LogP) is 1.86. The summed E-state index contributed by atoms with van der Waals surface area (Å²) in [7, 11) is 0. The summed E-state index contributed by atoms with van der Waals surface area (Å²) in [5.74, 6) is 0.877. The second kappa shape index (κ2) is 3.73. The van der Waals surface area contributed by atoms with Crippen LogP contribution in [0.2, 0.25) is 0 Å². The lowest BCUT2D eigenvalue weighted by molar-refractivity contribution is 0.766. The topological polar surface area (TPSA) is 56.7 Å². The maximum atomic E-state index is 5.77. The molecule has 0 amide bonds. The number of hydrogen-bond donors (Lipinski definition) is 1. The molecule has 4 nitrogen and oxygen atoms in total. The molecule has 0 saturated carbocycles. The van der Waals surface area contributed by atoms with Crippen molar-refractivity contribution in [1.82, 2.24) is 14.8 Å². The van der Waals surface area contributed by atoms with E-state index in [2.05, 4.69) is 17.1 Å². The summed E-state index contributed by atoms with van der Waals surface area (Å²) in [6, 6.07) is 5.83. The van der Waals surface area contributed by atoms with E-state index in [9.17, 15) is 0 Å². The van der Waals surface area contributed by atoms with Crippen LogP contribution in [0, 0.1) is 6.92 Å². The third-order valence-corrected chi connectivity index (χ3v) is 2.46. The quantitative estimate of drug-likeness (QED) is 0.756. The number of anilines is 1. The molecule has 0 saturated heterocycles. The lowest BCUT2D eigenvalue weighted by Crippen LogP contribution is -1.98. The molecule has 78 valence electrons. The van der Waals surface area contributed by atoms with Crippen LogP contribution in [0.25, 0.3) is 11.4 Å². The highest BCUT2D eigenvalue weighted by atomic mass is 15.3. The molecule has 0 spiro atoms. The van der Waals surface area contributed by atoms with Gasteiger partial charge in [0.25, 0.3) is 0 Å². The van der Waals surface area contributed by atoms with E-state index in [4.69, 9.17) is 5.73 Å². The number of aryl methyl sites for hydroxylation is 2. The number of nitrogens with two attached hydrogens (primary N) is 1. The fraction of sp³-hybridized carbons (Fsp3) is 0.273. The van der Waals surface area contributed by atoms with Crippen molar-refractivity contribution in [3.05, 3.63) is 30.1 Å². The Balaban J connectivity index is 2.58. The summed E-state index contributed by atoms with van der Waals surface area (Å²) in [6.45, 7) is 4.97. The fourth-order valence-electron chi connectivity index (χ4n) is 1.58. The predicted molar refractivity (Wildman–Crippen MR) is 60.3 cm³/mol. The number of rotatable bonds is 2. The van der Waals surface area contributed by atoms with Crippen molar-refractivity contribution >= 4 is 5.69 Å². The van der Waals surface area contributed by atoms with E-state index >= 15 is 0 Å². The molecule has 2 aromatic rings. The van der Waals surface area contributed by atoms with Gasteiger partial charge in [0.05, 0.1) is 0 Å². The van der Waals surface area contributed by atoms with Gasteiger partial charge in [0.1, 0.15) is 6.33 Å². The van der Waals surface area contributed by atoms with Crippen LogP contribution in [-0.2, 0) is 6.54 Å². The molecular formula is C11H14N4. The molecule has 2 N–H and O–H groups in total. The highest BCUT2D eigenvalue weighted by molar-refractivity contribution is 5.65. The number of nitrogens with zero attached hydrogens (tertiary/aromatic N) is 3. The molecule has 0 aliphatic rings. The highest BCUT2D eigenvalue weighted by Gasteiger charge is 2.08. The van der Waals surface area contributed by atoms with Gasteiger partial charge < -0.3 is 10.3 Å². The van der Waals surface area contributed by atoms with Crippen molar-refractivity contribution in [3.8, 4) is 11.4 Å². The van der Waals surface area contributed by atoms with Crippen LogP contribution in [0.3, 0.4) is 0 Å². The minimum absolute atomic E-state index is 0.751. The number of aromatic nitrogens is 3. The molecule has 1 aromatic carbocycles. The van der Waals surface area contributed by atoms with Gasteiger partial charge in [0, 0.05) is 17.8 Å². The Morgan fingerprint density at radius 1 is 1.40 bits per heavy atom. The zero-order valence-corrected chi connectivity index (χ0v) is 8.94. The zero-order valence-electron chi connectivity index (χ0n) is 8.94. The Kier molecular flexibility index (Phi) is 2.41. The average Bonchev–Trinajstić information content (AvgIpc) is 2.69. The molecular weight excluding hydrogens is 188 g/mol. The van der Waals surface area contributed by atoms with E-state index in [1.807, 2.05) is 29.7 Å². The van der Waals surface area contributed by atoms with Crippen LogP contribution in [0.1, 0.15) is 12.5 Å². The first-order valence-corrected chi connectivity index (χ1v) is 4.96. The standard InChI is InChI=1S/C11H14N4/c1-3-15-7-13-14-11(15)10-6-9(12)5-4-8(10)2/h4-7H,3,12H2,1-2H3. The van der Waals surface area contributed by atoms with Crippen molar-refractivity contribution in [1.29, 1.82) is 0 Å². The first kappa shape index (κ1) is 9.71. The van der Waals surface area contributed by atoms with Crippen molar-refractivity contribution in [3.63, 3.8) is 0 Å². The molecule has 1 heterocycles. The van der Waals surface area contributed by atoms with Crippen LogP contribution in [0.4, 0.5) is 5.69 Å². The summed E-state index contributed by atoms with van der Waals surface area (Å²) < 4.78 is 2.00. The van der Waals surface area contributed by atoms with Crippen LogP contribution in [0.15, 0.2) is 24.5 Å². The van der Waals surface area contributed by atoms with Gasteiger partial charge in [-0.3, -0.25) is 0 Å². The highest BCUT2D eigenvalue weighted by Crippen LogP contribution is 2.23. The van der Waals surface area contributed by atoms with Gasteiger partial charge in [-0.25, -0.2) is 0 Å². The molecule has 0 radical (unpaired) electrons. The molecule has 4 heteroatoms. The maximum Gasteiger partial charge on any atom is 0.164 e. The number of hydrogen-bond acceptors (Lipinski definition) is 3. The smallest absolute Gasteiger partial charge is 0.164 e. The first-order valence-electron chi connectivity index (χ1n) is 4.96. The monoisotopic (exact) mass is 202 g/mol. The molecule has 1 aromatic heterocycles. The lowest BCUT2D eigenvalue weighted by atomic mass is 10.1. The average molecular weight is 202 g/mol. The van der Waals surface area contributed by atoms with Gasteiger partial charge in [-0.1, -0.05) is 6.07 Å². The summed E-state index contributed by atoms with van der Waals surface area (Å²) in [5.41, 5.74) is 8.73. The van der Waals surface area contributed by atoms with E-state index in [1.165, 1.54) is 0 Å². The van der Waals surface area contributed by atoms with Gasteiger partial charge >= 0.3 is 0 Å². The molecule has 0 unspecified atom stereocenters. The van der Waals surface area contributed by atoms with Crippen molar-refractivity contribution in [2.24, 2.45) is 0 Å². The molecule has 0 atom stereocenters. The van der Waals surface area contributed by atoms with E-state index in [-0.39, 0.29) is 0 Å². The van der Waals surface area contributed by atoms with Gasteiger partial charge in [0.15, 0.2) is 5.82 Å². The van der Waals surface area contributed by atoms with Crippen LogP contribution in [-0.4, -0.2) is 14.8 Å². The molecule has 2 rings (SSSR count). The van der Waals surface area contributed by atoms with Crippen molar-refractivity contribution < 1.29 is 0 Å². The summed E-state index contributed by atoms with van der Waals surface area (Å²) in [6.07, 6.45) is 1.73. The molecule has 0 aliphatic heterocycles. The molecule has 15 heavy (non-hydrogen) atoms. The molecule has 0 fully saturated rings. The maximum absolute atomic E-state index is 5.77. The Morgan fingerprint density at radius 3 is 2.93 bits per heavy atom. The second-order valence-electron chi connectivity index (χ2n) is 3.51.